The summed E-state index contributed by atoms with van der Waals surface area (Å²) >= 11 is 0. The minimum Gasteiger partial charge on any atom is -0.484 e. The average molecular weight is 344 g/mol. The van der Waals surface area contributed by atoms with Gasteiger partial charge in [0, 0.05) is 12.3 Å². The van der Waals surface area contributed by atoms with Crippen molar-refractivity contribution in [2.45, 2.75) is 26.2 Å². The Labute approximate surface area is 146 Å². The maximum Gasteiger partial charge on any atom is 0.258 e. The number of ketones is 1. The van der Waals surface area contributed by atoms with Gasteiger partial charge in [0.2, 0.25) is 0 Å². The number of hydrogen-bond donors (Lipinski definition) is 1. The lowest BCUT2D eigenvalue weighted by atomic mass is 10.1. The molecule has 0 spiro atoms. The number of benzene rings is 1. The lowest BCUT2D eigenvalue weighted by Crippen LogP contribution is -2.33. The second-order valence-electron chi connectivity index (χ2n) is 5.56. The molecule has 1 N–H and O–H groups in total. The number of ether oxygens (including phenoxy) is 1. The van der Waals surface area contributed by atoms with Gasteiger partial charge in [0.25, 0.3) is 5.91 Å². The number of nitrogens with zero attached hydrogens (tertiary/aromatic N) is 1. The van der Waals surface area contributed by atoms with Crippen LogP contribution in [0, 0.1) is 5.82 Å². The van der Waals surface area contributed by atoms with Gasteiger partial charge in [0.1, 0.15) is 17.3 Å². The van der Waals surface area contributed by atoms with E-state index in [0.29, 0.717) is 12.0 Å². The van der Waals surface area contributed by atoms with Crippen LogP contribution in [0.2, 0.25) is 0 Å². The van der Waals surface area contributed by atoms with E-state index in [1.165, 1.54) is 12.3 Å². The number of amides is 1. The van der Waals surface area contributed by atoms with Crippen LogP contribution >= 0.6 is 0 Å². The summed E-state index contributed by atoms with van der Waals surface area (Å²) in [7, 11) is 0. The molecule has 0 saturated carbocycles. The summed E-state index contributed by atoms with van der Waals surface area (Å²) in [5.74, 6) is -0.805. The van der Waals surface area contributed by atoms with Gasteiger partial charge < -0.3 is 10.1 Å². The maximum atomic E-state index is 13.9. The molecular formula is C19H21FN2O3. The largest absolute Gasteiger partial charge is 0.484 e. The third-order valence-corrected chi connectivity index (χ3v) is 3.59. The molecule has 0 saturated heterocycles. The summed E-state index contributed by atoms with van der Waals surface area (Å²) in [5, 5.41) is 2.46. The SMILES string of the molecule is CCCCc1ccc(OCC(=O)NCC(=O)c2ccccn2)cc1F. The molecule has 1 aromatic heterocycles. The Morgan fingerprint density at radius 1 is 1.24 bits per heavy atom. The molecular weight excluding hydrogens is 323 g/mol. The number of halogens is 1. The van der Waals surface area contributed by atoms with Crippen LogP contribution < -0.4 is 10.1 Å². The summed E-state index contributed by atoms with van der Waals surface area (Å²) in [4.78, 5) is 27.5. The Morgan fingerprint density at radius 3 is 2.76 bits per heavy atom. The molecule has 6 heteroatoms. The van der Waals surface area contributed by atoms with Crippen LogP contribution in [0.3, 0.4) is 0 Å². The monoisotopic (exact) mass is 344 g/mol. The third kappa shape index (κ3) is 5.99. The van der Waals surface area contributed by atoms with Gasteiger partial charge in [-0.2, -0.15) is 0 Å². The van der Waals surface area contributed by atoms with Gasteiger partial charge in [0.05, 0.1) is 6.54 Å². The van der Waals surface area contributed by atoms with Crippen LogP contribution in [0.4, 0.5) is 4.39 Å². The van der Waals surface area contributed by atoms with Crippen molar-refractivity contribution in [3.05, 3.63) is 59.7 Å². The lowest BCUT2D eigenvalue weighted by Gasteiger charge is -2.09. The smallest absolute Gasteiger partial charge is 0.258 e. The lowest BCUT2D eigenvalue weighted by molar-refractivity contribution is -0.122. The van der Waals surface area contributed by atoms with Crippen LogP contribution in [0.1, 0.15) is 35.8 Å². The number of carbonyl (C=O) groups is 2. The molecule has 25 heavy (non-hydrogen) atoms. The van der Waals surface area contributed by atoms with Crippen molar-refractivity contribution in [1.82, 2.24) is 10.3 Å². The molecule has 0 aliphatic carbocycles. The fourth-order valence-corrected chi connectivity index (χ4v) is 2.18. The highest BCUT2D eigenvalue weighted by Crippen LogP contribution is 2.18. The van der Waals surface area contributed by atoms with E-state index >= 15 is 0 Å². The first-order chi connectivity index (χ1) is 12.1. The summed E-state index contributed by atoms with van der Waals surface area (Å²) in [6.45, 7) is 1.60. The van der Waals surface area contributed by atoms with Crippen molar-refractivity contribution in [2.75, 3.05) is 13.2 Å². The molecule has 0 radical (unpaired) electrons. The summed E-state index contributed by atoms with van der Waals surface area (Å²) in [6, 6.07) is 9.56. The van der Waals surface area contributed by atoms with E-state index in [1.807, 2.05) is 6.92 Å². The number of Topliss-reactive ketones (excluding diaryl/α,β-unsaturated/α-hetero) is 1. The number of hydrogen-bond acceptors (Lipinski definition) is 4. The number of aromatic nitrogens is 1. The molecule has 0 unspecified atom stereocenters. The Hall–Kier alpha value is -2.76. The highest BCUT2D eigenvalue weighted by atomic mass is 19.1. The first-order valence-corrected chi connectivity index (χ1v) is 8.22. The van der Waals surface area contributed by atoms with Gasteiger partial charge >= 0.3 is 0 Å². The molecule has 1 aromatic carbocycles. The van der Waals surface area contributed by atoms with Crippen LogP contribution in [0.5, 0.6) is 5.75 Å². The van der Waals surface area contributed by atoms with Gasteiger partial charge in [-0.3, -0.25) is 14.6 Å². The fraction of sp³-hybridized carbons (Fsp3) is 0.316. The molecule has 1 amide bonds. The standard InChI is InChI=1S/C19H21FN2O3/c1-2-3-6-14-8-9-15(11-16(14)20)25-13-19(24)22-12-18(23)17-7-4-5-10-21-17/h4-5,7-11H,2-3,6,12-13H2,1H3,(H,22,24). The molecule has 2 aromatic rings. The predicted octanol–water partition coefficient (Wildman–Crippen LogP) is 2.94. The van der Waals surface area contributed by atoms with Gasteiger partial charge in [-0.25, -0.2) is 4.39 Å². The predicted molar refractivity (Wildman–Crippen MR) is 92.1 cm³/mol. The van der Waals surface area contributed by atoms with Crippen LogP contribution in [0.15, 0.2) is 42.6 Å². The maximum absolute atomic E-state index is 13.9. The number of nitrogens with one attached hydrogen (secondary N) is 1. The highest BCUT2D eigenvalue weighted by Gasteiger charge is 2.10. The molecule has 0 bridgehead atoms. The number of carbonyl (C=O) groups excluding carboxylic acids is 2. The first kappa shape index (κ1) is 18.6. The van der Waals surface area contributed by atoms with Crippen LogP contribution in [0.25, 0.3) is 0 Å². The van der Waals surface area contributed by atoms with Crippen molar-refractivity contribution < 1.29 is 18.7 Å². The fourth-order valence-electron chi connectivity index (χ4n) is 2.18. The quantitative estimate of drug-likeness (QED) is 0.710. The number of unbranched alkanes of at least 4 members (excludes halogenated alkanes) is 1. The topological polar surface area (TPSA) is 68.3 Å². The molecule has 0 aliphatic rings. The van der Waals surface area contributed by atoms with E-state index in [4.69, 9.17) is 4.74 Å². The van der Waals surface area contributed by atoms with Gasteiger partial charge in [-0.1, -0.05) is 25.5 Å². The van der Waals surface area contributed by atoms with Crippen LogP contribution in [-0.2, 0) is 11.2 Å². The van der Waals surface area contributed by atoms with E-state index in [1.54, 1.807) is 30.3 Å². The Morgan fingerprint density at radius 2 is 2.08 bits per heavy atom. The number of rotatable bonds is 9. The Bertz CT molecular complexity index is 720. The third-order valence-electron chi connectivity index (χ3n) is 3.59. The molecule has 0 fully saturated rings. The normalized spacial score (nSPS) is 10.3. The minimum absolute atomic E-state index is 0.163. The molecule has 132 valence electrons. The van der Waals surface area contributed by atoms with Crippen LogP contribution in [-0.4, -0.2) is 29.8 Å². The van der Waals surface area contributed by atoms with Crippen molar-refractivity contribution in [1.29, 1.82) is 0 Å². The van der Waals surface area contributed by atoms with E-state index in [9.17, 15) is 14.0 Å². The van der Waals surface area contributed by atoms with E-state index < -0.39 is 5.91 Å². The highest BCUT2D eigenvalue weighted by molar-refractivity contribution is 5.97. The van der Waals surface area contributed by atoms with Gasteiger partial charge in [-0.15, -0.1) is 0 Å². The van der Waals surface area contributed by atoms with Crippen molar-refractivity contribution in [3.63, 3.8) is 0 Å². The van der Waals surface area contributed by atoms with E-state index in [0.717, 1.165) is 12.8 Å². The average Bonchev–Trinajstić information content (AvgIpc) is 2.64. The summed E-state index contributed by atoms with van der Waals surface area (Å²) < 4.78 is 19.2. The van der Waals surface area contributed by atoms with E-state index in [2.05, 4.69) is 10.3 Å². The van der Waals surface area contributed by atoms with E-state index in [-0.39, 0.29) is 36.2 Å². The molecule has 2 rings (SSSR count). The molecule has 0 atom stereocenters. The zero-order valence-corrected chi connectivity index (χ0v) is 14.1. The van der Waals surface area contributed by atoms with Gasteiger partial charge in [0.15, 0.2) is 12.4 Å². The van der Waals surface area contributed by atoms with Gasteiger partial charge in [-0.05, 0) is 36.6 Å². The Balaban J connectivity index is 1.78. The van der Waals surface area contributed by atoms with Crippen molar-refractivity contribution in [3.8, 4) is 5.75 Å². The minimum atomic E-state index is -0.459. The molecule has 0 aliphatic heterocycles. The second kappa shape index (κ2) is 9.52. The number of aryl methyl sites for hydroxylation is 1. The second-order valence-corrected chi connectivity index (χ2v) is 5.56. The number of pyridine rings is 1. The zero-order valence-electron chi connectivity index (χ0n) is 14.1. The Kier molecular flexibility index (Phi) is 7.07. The molecule has 5 nitrogen and oxygen atoms in total. The summed E-state index contributed by atoms with van der Waals surface area (Å²) in [6.07, 6.45) is 4.11. The van der Waals surface area contributed by atoms with Crippen molar-refractivity contribution in [2.24, 2.45) is 0 Å². The first-order valence-electron chi connectivity index (χ1n) is 8.22. The zero-order chi connectivity index (χ0) is 18.1. The van der Waals surface area contributed by atoms with Crippen molar-refractivity contribution >= 4 is 11.7 Å². The summed E-state index contributed by atoms with van der Waals surface area (Å²) in [5.41, 5.74) is 0.924. The molecule has 1 heterocycles.